The quantitative estimate of drug-likeness (QED) is 0.878. The molecule has 2 aromatic carbocycles. The van der Waals surface area contributed by atoms with Crippen LogP contribution in [0.15, 0.2) is 48.5 Å². The Bertz CT molecular complexity index is 603. The summed E-state index contributed by atoms with van der Waals surface area (Å²) >= 11 is 11.7. The van der Waals surface area contributed by atoms with E-state index in [-0.39, 0.29) is 5.91 Å². The minimum absolute atomic E-state index is 0.137. The standard InChI is InChI=1S/C16H15Cl2NO/c1-16(2,12-5-9-14(18)10-6-12)19-15(20)11-3-7-13(17)8-4-11/h3-10H,1-2H3,(H,19,20). The number of hydrogen-bond donors (Lipinski definition) is 1. The van der Waals surface area contributed by atoms with Gasteiger partial charge in [-0.15, -0.1) is 0 Å². The molecule has 0 fully saturated rings. The van der Waals surface area contributed by atoms with Gasteiger partial charge in [0.15, 0.2) is 0 Å². The summed E-state index contributed by atoms with van der Waals surface area (Å²) in [5.41, 5.74) is 1.09. The van der Waals surface area contributed by atoms with Gasteiger partial charge in [0.05, 0.1) is 5.54 Å². The van der Waals surface area contributed by atoms with Gasteiger partial charge in [0, 0.05) is 15.6 Å². The van der Waals surface area contributed by atoms with Crippen LogP contribution in [0.3, 0.4) is 0 Å². The molecule has 0 heterocycles. The molecule has 0 saturated carbocycles. The van der Waals surface area contributed by atoms with Crippen LogP contribution in [0, 0.1) is 0 Å². The highest BCUT2D eigenvalue weighted by molar-refractivity contribution is 6.30. The van der Waals surface area contributed by atoms with Crippen molar-refractivity contribution in [1.29, 1.82) is 0 Å². The molecule has 4 heteroatoms. The molecule has 0 aliphatic rings. The highest BCUT2D eigenvalue weighted by atomic mass is 35.5. The van der Waals surface area contributed by atoms with Crippen LogP contribution in [0.2, 0.25) is 10.0 Å². The summed E-state index contributed by atoms with van der Waals surface area (Å²) < 4.78 is 0. The highest BCUT2D eigenvalue weighted by Crippen LogP contribution is 2.22. The van der Waals surface area contributed by atoms with E-state index in [9.17, 15) is 4.79 Å². The minimum Gasteiger partial charge on any atom is -0.343 e. The normalized spacial score (nSPS) is 11.2. The van der Waals surface area contributed by atoms with Crippen LogP contribution in [0.25, 0.3) is 0 Å². The molecule has 0 aliphatic carbocycles. The van der Waals surface area contributed by atoms with Gasteiger partial charge in [-0.3, -0.25) is 4.79 Å². The number of carbonyl (C=O) groups excluding carboxylic acids is 1. The van der Waals surface area contributed by atoms with Crippen molar-refractivity contribution in [2.75, 3.05) is 0 Å². The lowest BCUT2D eigenvalue weighted by molar-refractivity contribution is 0.0912. The smallest absolute Gasteiger partial charge is 0.251 e. The van der Waals surface area contributed by atoms with Crippen LogP contribution in [-0.2, 0) is 5.54 Å². The van der Waals surface area contributed by atoms with Crippen molar-refractivity contribution in [2.24, 2.45) is 0 Å². The highest BCUT2D eigenvalue weighted by Gasteiger charge is 2.23. The molecule has 0 saturated heterocycles. The third-order valence-corrected chi connectivity index (χ3v) is 3.60. The summed E-state index contributed by atoms with van der Waals surface area (Å²) in [6, 6.07) is 14.2. The van der Waals surface area contributed by atoms with Gasteiger partial charge < -0.3 is 5.32 Å². The summed E-state index contributed by atoms with van der Waals surface area (Å²) in [7, 11) is 0. The van der Waals surface area contributed by atoms with Gasteiger partial charge in [0.25, 0.3) is 5.91 Å². The number of rotatable bonds is 3. The fourth-order valence-corrected chi connectivity index (χ4v) is 2.15. The van der Waals surface area contributed by atoms with Gasteiger partial charge in [0.1, 0.15) is 0 Å². The van der Waals surface area contributed by atoms with Crippen molar-refractivity contribution in [2.45, 2.75) is 19.4 Å². The Kier molecular flexibility index (Phi) is 4.36. The molecule has 0 spiro atoms. The Balaban J connectivity index is 2.17. The molecule has 2 aromatic rings. The Morgan fingerprint density at radius 3 is 1.85 bits per heavy atom. The minimum atomic E-state index is -0.485. The molecule has 0 aromatic heterocycles. The maximum Gasteiger partial charge on any atom is 0.251 e. The van der Waals surface area contributed by atoms with Crippen molar-refractivity contribution < 1.29 is 4.79 Å². The van der Waals surface area contributed by atoms with Gasteiger partial charge in [-0.05, 0) is 55.8 Å². The molecule has 104 valence electrons. The Hall–Kier alpha value is -1.51. The number of amides is 1. The first kappa shape index (κ1) is 14.9. The molecule has 0 atom stereocenters. The Morgan fingerprint density at radius 1 is 0.900 bits per heavy atom. The topological polar surface area (TPSA) is 29.1 Å². The predicted octanol–water partition coefficient (Wildman–Crippen LogP) is 4.66. The number of benzene rings is 2. The lowest BCUT2D eigenvalue weighted by Crippen LogP contribution is -2.40. The lowest BCUT2D eigenvalue weighted by atomic mass is 9.94. The van der Waals surface area contributed by atoms with E-state index >= 15 is 0 Å². The average molecular weight is 308 g/mol. The zero-order chi connectivity index (χ0) is 14.8. The summed E-state index contributed by atoms with van der Waals surface area (Å²) in [5.74, 6) is -0.137. The van der Waals surface area contributed by atoms with Gasteiger partial charge in [-0.2, -0.15) is 0 Å². The van der Waals surface area contributed by atoms with E-state index in [1.165, 1.54) is 0 Å². The molecule has 0 bridgehead atoms. The number of nitrogens with one attached hydrogen (secondary N) is 1. The van der Waals surface area contributed by atoms with Crippen molar-refractivity contribution in [1.82, 2.24) is 5.32 Å². The van der Waals surface area contributed by atoms with Crippen LogP contribution in [-0.4, -0.2) is 5.91 Å². The fraction of sp³-hybridized carbons (Fsp3) is 0.188. The maximum absolute atomic E-state index is 12.2. The van der Waals surface area contributed by atoms with E-state index in [0.717, 1.165) is 5.56 Å². The zero-order valence-electron chi connectivity index (χ0n) is 11.3. The monoisotopic (exact) mass is 307 g/mol. The first-order valence-corrected chi connectivity index (χ1v) is 6.98. The van der Waals surface area contributed by atoms with E-state index in [0.29, 0.717) is 15.6 Å². The van der Waals surface area contributed by atoms with E-state index in [1.54, 1.807) is 24.3 Å². The number of halogens is 2. The van der Waals surface area contributed by atoms with Gasteiger partial charge in [-0.25, -0.2) is 0 Å². The Morgan fingerprint density at radius 2 is 1.35 bits per heavy atom. The number of carbonyl (C=O) groups is 1. The molecule has 1 N–H and O–H groups in total. The van der Waals surface area contributed by atoms with Crippen molar-refractivity contribution >= 4 is 29.1 Å². The van der Waals surface area contributed by atoms with Gasteiger partial charge >= 0.3 is 0 Å². The molecular weight excluding hydrogens is 293 g/mol. The van der Waals surface area contributed by atoms with Crippen LogP contribution in [0.5, 0.6) is 0 Å². The van der Waals surface area contributed by atoms with Crippen molar-refractivity contribution in [3.63, 3.8) is 0 Å². The first-order valence-electron chi connectivity index (χ1n) is 6.22. The molecule has 20 heavy (non-hydrogen) atoms. The molecule has 0 radical (unpaired) electrons. The molecule has 0 unspecified atom stereocenters. The summed E-state index contributed by atoms with van der Waals surface area (Å²) in [6.45, 7) is 3.90. The summed E-state index contributed by atoms with van der Waals surface area (Å²) in [6.07, 6.45) is 0. The molecular formula is C16H15Cl2NO. The second-order valence-corrected chi connectivity index (χ2v) is 5.97. The van der Waals surface area contributed by atoms with Gasteiger partial charge in [0.2, 0.25) is 0 Å². The SMILES string of the molecule is CC(C)(NC(=O)c1ccc(Cl)cc1)c1ccc(Cl)cc1. The van der Waals surface area contributed by atoms with Crippen LogP contribution >= 0.6 is 23.2 Å². The average Bonchev–Trinajstić information content (AvgIpc) is 2.39. The predicted molar refractivity (Wildman–Crippen MR) is 83.4 cm³/mol. The molecule has 1 amide bonds. The third kappa shape index (κ3) is 3.53. The van der Waals surface area contributed by atoms with E-state index < -0.39 is 5.54 Å². The summed E-state index contributed by atoms with van der Waals surface area (Å²) in [4.78, 5) is 12.2. The van der Waals surface area contributed by atoms with Gasteiger partial charge in [-0.1, -0.05) is 35.3 Å². The second-order valence-electron chi connectivity index (χ2n) is 5.09. The van der Waals surface area contributed by atoms with E-state index in [2.05, 4.69) is 5.32 Å². The first-order chi connectivity index (χ1) is 9.38. The maximum atomic E-state index is 12.2. The lowest BCUT2D eigenvalue weighted by Gasteiger charge is -2.27. The van der Waals surface area contributed by atoms with Crippen LogP contribution < -0.4 is 5.32 Å². The van der Waals surface area contributed by atoms with E-state index in [1.807, 2.05) is 38.1 Å². The zero-order valence-corrected chi connectivity index (χ0v) is 12.8. The second kappa shape index (κ2) is 5.86. The molecule has 0 aliphatic heterocycles. The van der Waals surface area contributed by atoms with Crippen LogP contribution in [0.1, 0.15) is 29.8 Å². The summed E-state index contributed by atoms with van der Waals surface area (Å²) in [5, 5.41) is 4.29. The Labute approximate surface area is 128 Å². The largest absolute Gasteiger partial charge is 0.343 e. The molecule has 2 rings (SSSR count). The van der Waals surface area contributed by atoms with E-state index in [4.69, 9.17) is 23.2 Å². The van der Waals surface area contributed by atoms with Crippen molar-refractivity contribution in [3.05, 3.63) is 69.7 Å². The molecule has 2 nitrogen and oxygen atoms in total. The van der Waals surface area contributed by atoms with Crippen LogP contribution in [0.4, 0.5) is 0 Å². The number of hydrogen-bond acceptors (Lipinski definition) is 1. The third-order valence-electron chi connectivity index (χ3n) is 3.10. The van der Waals surface area contributed by atoms with Crippen molar-refractivity contribution in [3.8, 4) is 0 Å². The fourth-order valence-electron chi connectivity index (χ4n) is 1.90.